The summed E-state index contributed by atoms with van der Waals surface area (Å²) < 4.78 is 7.77. The number of pyridine rings is 2. The molecule has 0 bridgehead atoms. The minimum atomic E-state index is -0.0325. The van der Waals surface area contributed by atoms with Crippen LogP contribution in [0.15, 0.2) is 113 Å². The van der Waals surface area contributed by atoms with Crippen LogP contribution in [-0.2, 0) is 25.5 Å². The van der Waals surface area contributed by atoms with E-state index in [-0.39, 0.29) is 25.5 Å². The van der Waals surface area contributed by atoms with E-state index in [1.165, 1.54) is 38.1 Å². The van der Waals surface area contributed by atoms with Gasteiger partial charge in [0, 0.05) is 48.0 Å². The third-order valence-corrected chi connectivity index (χ3v) is 9.53. The van der Waals surface area contributed by atoms with E-state index in [2.05, 4.69) is 112 Å². The molecule has 1 radical (unpaired) electrons. The predicted molar refractivity (Wildman–Crippen MR) is 198 cm³/mol. The Kier molecular flexibility index (Phi) is 9.49. The van der Waals surface area contributed by atoms with E-state index in [0.29, 0.717) is 0 Å². The van der Waals surface area contributed by atoms with Gasteiger partial charge < -0.3 is 14.4 Å². The van der Waals surface area contributed by atoms with Crippen LogP contribution in [0.1, 0.15) is 43.0 Å². The maximum absolute atomic E-state index is 6.54. The van der Waals surface area contributed by atoms with Crippen LogP contribution in [0, 0.1) is 32.9 Å². The van der Waals surface area contributed by atoms with E-state index in [1.807, 2.05) is 55.7 Å². The van der Waals surface area contributed by atoms with Crippen molar-refractivity contribution in [1.29, 1.82) is 0 Å². The van der Waals surface area contributed by atoms with Crippen molar-refractivity contribution in [2.75, 3.05) is 0 Å². The average molecular weight is 821 g/mol. The van der Waals surface area contributed by atoms with Gasteiger partial charge in [0.15, 0.2) is 0 Å². The van der Waals surface area contributed by atoms with Crippen molar-refractivity contribution in [2.45, 2.75) is 47.0 Å². The van der Waals surface area contributed by atoms with Crippen LogP contribution in [0.3, 0.4) is 0 Å². The van der Waals surface area contributed by atoms with Crippen molar-refractivity contribution in [3.8, 4) is 33.6 Å². The first-order valence-corrected chi connectivity index (χ1v) is 16.8. The normalized spacial score (nSPS) is 11.4. The molecule has 0 aliphatic rings. The van der Waals surface area contributed by atoms with Crippen LogP contribution < -0.4 is 0 Å². The molecule has 0 atom stereocenters. The summed E-state index contributed by atoms with van der Waals surface area (Å²) in [5, 5.41) is 5.52. The number of hydrogen-bond donors (Lipinski definition) is 0. The molecule has 241 valence electrons. The molecular formula is C43H36IrN2OS-2. The summed E-state index contributed by atoms with van der Waals surface area (Å²) in [5.74, 6) is 0. The van der Waals surface area contributed by atoms with Gasteiger partial charge in [-0.05, 0) is 88.5 Å². The largest absolute Gasteiger partial charge is 0.500 e. The Morgan fingerprint density at radius 2 is 1.46 bits per heavy atom. The molecule has 0 saturated heterocycles. The smallest absolute Gasteiger partial charge is 0.129 e. The van der Waals surface area contributed by atoms with Gasteiger partial charge in [-0.15, -0.1) is 65.4 Å². The van der Waals surface area contributed by atoms with Crippen LogP contribution >= 0.6 is 11.3 Å². The molecular weight excluding hydrogens is 785 g/mol. The van der Waals surface area contributed by atoms with Crippen LogP contribution in [0.25, 0.3) is 65.7 Å². The molecule has 4 heterocycles. The third-order valence-electron chi connectivity index (χ3n) is 8.64. The zero-order chi connectivity index (χ0) is 32.7. The standard InChI is InChI=1S/C31H26NOS.C12H10N.Ir/c1-18-8-6-9-19(2)28(18)24-16-26(32-17-25(24)31(3,4)5)22-11-7-10-20-21-12-13-27-23(14-15-34-27)30(21)33-29(20)22;1-10-7-8-12(13-9-10)11-5-3-2-4-6-11;/h6-10,12-17H,1-5H3;2-5,7-9H,1H3;/q2*-1;. The van der Waals surface area contributed by atoms with Gasteiger partial charge in [-0.2, -0.15) is 0 Å². The summed E-state index contributed by atoms with van der Waals surface area (Å²) >= 11 is 1.74. The number of furan rings is 1. The first-order valence-electron chi connectivity index (χ1n) is 15.9. The van der Waals surface area contributed by atoms with E-state index in [9.17, 15) is 0 Å². The topological polar surface area (TPSA) is 38.9 Å². The Hall–Kier alpha value is -4.41. The van der Waals surface area contributed by atoms with Gasteiger partial charge >= 0.3 is 0 Å². The fourth-order valence-electron chi connectivity index (χ4n) is 6.25. The molecule has 8 aromatic rings. The molecule has 0 N–H and O–H groups in total. The fourth-order valence-corrected chi connectivity index (χ4v) is 7.03. The van der Waals surface area contributed by atoms with Crippen molar-refractivity contribution in [1.82, 2.24) is 9.97 Å². The summed E-state index contributed by atoms with van der Waals surface area (Å²) in [6.07, 6.45) is 3.92. The van der Waals surface area contributed by atoms with Crippen molar-refractivity contribution < 1.29 is 24.5 Å². The van der Waals surface area contributed by atoms with Crippen molar-refractivity contribution in [2.24, 2.45) is 0 Å². The molecule has 4 aromatic carbocycles. The van der Waals surface area contributed by atoms with Crippen LogP contribution in [0.5, 0.6) is 0 Å². The van der Waals surface area contributed by atoms with E-state index in [0.717, 1.165) is 49.8 Å². The maximum Gasteiger partial charge on any atom is 0.129 e. The second-order valence-corrected chi connectivity index (χ2v) is 14.0. The molecule has 0 saturated carbocycles. The first-order chi connectivity index (χ1) is 22.7. The van der Waals surface area contributed by atoms with Crippen molar-refractivity contribution in [3.05, 3.63) is 143 Å². The van der Waals surface area contributed by atoms with Gasteiger partial charge in [-0.3, -0.25) is 0 Å². The second kappa shape index (κ2) is 13.6. The van der Waals surface area contributed by atoms with Crippen molar-refractivity contribution in [3.63, 3.8) is 0 Å². The summed E-state index contributed by atoms with van der Waals surface area (Å²) in [7, 11) is 0. The molecule has 0 fully saturated rings. The fraction of sp³-hybridized carbons (Fsp3) is 0.163. The van der Waals surface area contributed by atoms with Gasteiger partial charge in [0.05, 0.1) is 5.58 Å². The molecule has 0 amide bonds. The van der Waals surface area contributed by atoms with Crippen LogP contribution in [0.2, 0.25) is 0 Å². The Balaban J connectivity index is 0.000000241. The Bertz CT molecular complexity index is 2340. The third kappa shape index (κ3) is 6.39. The van der Waals surface area contributed by atoms with Gasteiger partial charge in [-0.25, -0.2) is 0 Å². The number of hydrogen-bond acceptors (Lipinski definition) is 4. The van der Waals surface area contributed by atoms with Crippen molar-refractivity contribution >= 4 is 43.4 Å². The van der Waals surface area contributed by atoms with E-state index in [1.54, 1.807) is 11.3 Å². The number of rotatable bonds is 3. The maximum atomic E-state index is 6.54. The van der Waals surface area contributed by atoms with Gasteiger partial charge in [0.2, 0.25) is 0 Å². The molecule has 0 unspecified atom stereocenters. The summed E-state index contributed by atoms with van der Waals surface area (Å²) in [5.41, 5.74) is 13.1. The van der Waals surface area contributed by atoms with E-state index < -0.39 is 0 Å². The zero-order valence-electron chi connectivity index (χ0n) is 27.9. The van der Waals surface area contributed by atoms with Crippen LogP contribution in [0.4, 0.5) is 0 Å². The average Bonchev–Trinajstić information content (AvgIpc) is 3.70. The van der Waals surface area contributed by atoms with E-state index >= 15 is 0 Å². The Morgan fingerprint density at radius 1 is 0.688 bits per heavy atom. The number of aromatic nitrogens is 2. The molecule has 5 heteroatoms. The molecule has 0 aliphatic carbocycles. The van der Waals surface area contributed by atoms with E-state index in [4.69, 9.17) is 9.40 Å². The second-order valence-electron chi connectivity index (χ2n) is 13.1. The summed E-state index contributed by atoms with van der Waals surface area (Å²) in [6, 6.07) is 37.8. The number of aryl methyl sites for hydroxylation is 3. The molecule has 0 aliphatic heterocycles. The predicted octanol–water partition coefficient (Wildman–Crippen LogP) is 12.1. The molecule has 0 spiro atoms. The zero-order valence-corrected chi connectivity index (χ0v) is 31.1. The molecule has 4 aromatic heterocycles. The minimum absolute atomic E-state index is 0. The van der Waals surface area contributed by atoms with Gasteiger partial charge in [0.1, 0.15) is 5.58 Å². The summed E-state index contributed by atoms with van der Waals surface area (Å²) in [4.78, 5) is 9.26. The Labute approximate surface area is 300 Å². The monoisotopic (exact) mass is 821 g/mol. The molecule has 48 heavy (non-hydrogen) atoms. The summed E-state index contributed by atoms with van der Waals surface area (Å²) in [6.45, 7) is 13.2. The minimum Gasteiger partial charge on any atom is -0.500 e. The molecule has 8 rings (SSSR count). The SMILES string of the molecule is Cc1ccc(-c2[c-]cccc2)nc1.Cc1cccc(C)c1-c1cc(-c2[c-]ccc3c2oc2c4ccsc4ccc32)ncc1C(C)(C)C.[Ir]. The quantitative estimate of drug-likeness (QED) is 0.167. The van der Waals surface area contributed by atoms with Crippen LogP contribution in [-0.4, -0.2) is 9.97 Å². The number of nitrogens with zero attached hydrogens (tertiary/aromatic N) is 2. The number of fused-ring (bicyclic) bond motifs is 5. The number of benzene rings is 4. The number of thiophene rings is 1. The molecule has 3 nitrogen and oxygen atoms in total. The van der Waals surface area contributed by atoms with Gasteiger partial charge in [-0.1, -0.05) is 74.2 Å². The first kappa shape index (κ1) is 33.5. The Morgan fingerprint density at radius 3 is 2.17 bits per heavy atom. The van der Waals surface area contributed by atoms with Gasteiger partial charge in [0.25, 0.3) is 0 Å².